The van der Waals surface area contributed by atoms with Gasteiger partial charge in [-0.05, 0) is 18.2 Å². The van der Waals surface area contributed by atoms with E-state index in [1.54, 1.807) is 30.5 Å². The van der Waals surface area contributed by atoms with Gasteiger partial charge in [0.05, 0.1) is 10.6 Å². The summed E-state index contributed by atoms with van der Waals surface area (Å²) >= 11 is 1.41. The number of aromatic amines is 1. The van der Waals surface area contributed by atoms with Crippen LogP contribution in [0.2, 0.25) is 0 Å². The molecule has 5 nitrogen and oxygen atoms in total. The molecule has 0 aliphatic carbocycles. The number of nitrogens with one attached hydrogen (secondary N) is 1. The molecule has 0 fully saturated rings. The molecule has 1 N–H and O–H groups in total. The van der Waals surface area contributed by atoms with E-state index in [0.29, 0.717) is 10.7 Å². The second-order valence-corrected chi connectivity index (χ2v) is 7.65. The SMILES string of the molecule is Br.CS(=O)(=O)c1cccc(-c2csc(-c3cc[nH]c(=O)c3)n2)c1. The zero-order valence-electron chi connectivity index (χ0n) is 12.0. The van der Waals surface area contributed by atoms with Crippen molar-refractivity contribution in [3.05, 3.63) is 58.3 Å². The van der Waals surface area contributed by atoms with Crippen LogP contribution >= 0.6 is 28.3 Å². The molecular weight excluding hydrogens is 400 g/mol. The zero-order chi connectivity index (χ0) is 15.7. The van der Waals surface area contributed by atoms with Gasteiger partial charge in [-0.15, -0.1) is 28.3 Å². The lowest BCUT2D eigenvalue weighted by Crippen LogP contribution is -2.01. The summed E-state index contributed by atoms with van der Waals surface area (Å²) in [4.78, 5) is 18.7. The standard InChI is InChI=1S/C15H12N2O3S2.BrH/c1-22(19,20)12-4-2-3-10(7-12)13-9-21-15(17-13)11-5-6-16-14(18)8-11;/h2-9H,1H3,(H,16,18);1H. The molecule has 2 heterocycles. The van der Waals surface area contributed by atoms with E-state index in [2.05, 4.69) is 9.97 Å². The highest BCUT2D eigenvalue weighted by Crippen LogP contribution is 2.29. The molecule has 2 aromatic heterocycles. The molecule has 0 radical (unpaired) electrons. The van der Waals surface area contributed by atoms with E-state index in [9.17, 15) is 13.2 Å². The van der Waals surface area contributed by atoms with Crippen LogP contribution in [0.3, 0.4) is 0 Å². The first kappa shape index (κ1) is 17.6. The summed E-state index contributed by atoms with van der Waals surface area (Å²) in [5, 5.41) is 2.56. The van der Waals surface area contributed by atoms with Crippen molar-refractivity contribution in [2.75, 3.05) is 6.26 Å². The van der Waals surface area contributed by atoms with Crippen molar-refractivity contribution in [1.29, 1.82) is 0 Å². The largest absolute Gasteiger partial charge is 0.329 e. The molecule has 8 heteroatoms. The third-order valence-electron chi connectivity index (χ3n) is 3.08. The van der Waals surface area contributed by atoms with Crippen LogP contribution in [0.1, 0.15) is 0 Å². The smallest absolute Gasteiger partial charge is 0.248 e. The highest BCUT2D eigenvalue weighted by atomic mass is 79.9. The first-order valence-electron chi connectivity index (χ1n) is 6.38. The van der Waals surface area contributed by atoms with E-state index >= 15 is 0 Å². The van der Waals surface area contributed by atoms with E-state index < -0.39 is 9.84 Å². The molecule has 0 spiro atoms. The van der Waals surface area contributed by atoms with Crippen molar-refractivity contribution in [2.24, 2.45) is 0 Å². The van der Waals surface area contributed by atoms with Crippen LogP contribution in [0.5, 0.6) is 0 Å². The van der Waals surface area contributed by atoms with Crippen LogP contribution in [0.15, 0.2) is 57.7 Å². The summed E-state index contributed by atoms with van der Waals surface area (Å²) in [6, 6.07) is 9.92. The number of aromatic nitrogens is 2. The lowest BCUT2D eigenvalue weighted by atomic mass is 10.2. The normalized spacial score (nSPS) is 11.0. The number of thiazole rings is 1. The summed E-state index contributed by atoms with van der Waals surface area (Å²) in [6.45, 7) is 0. The van der Waals surface area contributed by atoms with E-state index in [0.717, 1.165) is 11.1 Å². The quantitative estimate of drug-likeness (QED) is 0.716. The lowest BCUT2D eigenvalue weighted by molar-refractivity contribution is 0.602. The van der Waals surface area contributed by atoms with E-state index in [4.69, 9.17) is 0 Å². The highest BCUT2D eigenvalue weighted by Gasteiger charge is 2.11. The Balaban J connectivity index is 0.00000192. The van der Waals surface area contributed by atoms with Crippen LogP contribution in [-0.4, -0.2) is 24.6 Å². The highest BCUT2D eigenvalue weighted by molar-refractivity contribution is 8.93. The minimum absolute atomic E-state index is 0. The van der Waals surface area contributed by atoms with Crippen molar-refractivity contribution < 1.29 is 8.42 Å². The molecule has 0 aliphatic rings. The van der Waals surface area contributed by atoms with Crippen molar-refractivity contribution in [3.8, 4) is 21.8 Å². The van der Waals surface area contributed by atoms with E-state index in [1.807, 2.05) is 11.4 Å². The third-order valence-corrected chi connectivity index (χ3v) is 5.09. The molecule has 0 saturated heterocycles. The minimum atomic E-state index is -3.25. The van der Waals surface area contributed by atoms with Gasteiger partial charge in [-0.25, -0.2) is 13.4 Å². The van der Waals surface area contributed by atoms with Crippen molar-refractivity contribution in [2.45, 2.75) is 4.90 Å². The number of nitrogens with zero attached hydrogens (tertiary/aromatic N) is 1. The maximum absolute atomic E-state index is 11.6. The Labute approximate surface area is 147 Å². The molecule has 3 aromatic rings. The van der Waals surface area contributed by atoms with Crippen molar-refractivity contribution in [1.82, 2.24) is 9.97 Å². The molecule has 120 valence electrons. The van der Waals surface area contributed by atoms with Crippen LogP contribution in [-0.2, 0) is 9.84 Å². The Bertz CT molecular complexity index is 993. The summed E-state index contributed by atoms with van der Waals surface area (Å²) in [7, 11) is -3.25. The summed E-state index contributed by atoms with van der Waals surface area (Å²) < 4.78 is 23.2. The number of H-pyrrole nitrogens is 1. The van der Waals surface area contributed by atoms with Gasteiger partial charge >= 0.3 is 0 Å². The van der Waals surface area contributed by atoms with Gasteiger partial charge in [0, 0.05) is 35.0 Å². The van der Waals surface area contributed by atoms with Gasteiger partial charge in [-0.1, -0.05) is 12.1 Å². The number of sulfone groups is 1. The monoisotopic (exact) mass is 412 g/mol. The Kier molecular flexibility index (Phi) is 5.18. The zero-order valence-corrected chi connectivity index (χ0v) is 15.4. The fraction of sp³-hybridized carbons (Fsp3) is 0.0667. The maximum Gasteiger partial charge on any atom is 0.248 e. The molecule has 1 aromatic carbocycles. The number of hydrogen-bond acceptors (Lipinski definition) is 5. The van der Waals surface area contributed by atoms with Crippen molar-refractivity contribution in [3.63, 3.8) is 0 Å². The first-order chi connectivity index (χ1) is 10.4. The number of rotatable bonds is 3. The van der Waals surface area contributed by atoms with Gasteiger partial charge in [0.25, 0.3) is 0 Å². The number of hydrogen-bond donors (Lipinski definition) is 1. The average molecular weight is 413 g/mol. The van der Waals surface area contributed by atoms with Gasteiger partial charge in [0.1, 0.15) is 5.01 Å². The molecular formula is C15H13BrN2O3S2. The Hall–Kier alpha value is -1.77. The van der Waals surface area contributed by atoms with Crippen LogP contribution in [0, 0.1) is 0 Å². The van der Waals surface area contributed by atoms with Gasteiger partial charge in [0.2, 0.25) is 5.56 Å². The molecule has 0 unspecified atom stereocenters. The van der Waals surface area contributed by atoms with Gasteiger partial charge in [-0.3, -0.25) is 4.79 Å². The average Bonchev–Trinajstić information content (AvgIpc) is 2.96. The molecule has 3 rings (SSSR count). The molecule has 0 aliphatic heterocycles. The topological polar surface area (TPSA) is 79.9 Å². The molecule has 23 heavy (non-hydrogen) atoms. The van der Waals surface area contributed by atoms with Gasteiger partial charge in [0.15, 0.2) is 9.84 Å². The Morgan fingerprint density at radius 2 is 1.91 bits per heavy atom. The molecule has 0 amide bonds. The second-order valence-electron chi connectivity index (χ2n) is 4.78. The van der Waals surface area contributed by atoms with Gasteiger partial charge < -0.3 is 4.98 Å². The number of pyridine rings is 1. The fourth-order valence-corrected chi connectivity index (χ4v) is 3.50. The number of benzene rings is 1. The third kappa shape index (κ3) is 3.95. The number of halogens is 1. The van der Waals surface area contributed by atoms with E-state index in [1.165, 1.54) is 23.7 Å². The summed E-state index contributed by atoms with van der Waals surface area (Å²) in [6.07, 6.45) is 2.75. The maximum atomic E-state index is 11.6. The minimum Gasteiger partial charge on any atom is -0.329 e. The molecule has 0 atom stereocenters. The van der Waals surface area contributed by atoms with E-state index in [-0.39, 0.29) is 27.4 Å². The Morgan fingerprint density at radius 1 is 1.13 bits per heavy atom. The van der Waals surface area contributed by atoms with Crippen LogP contribution in [0.25, 0.3) is 21.8 Å². The fourth-order valence-electron chi connectivity index (χ4n) is 2.00. The predicted octanol–water partition coefficient (Wildman–Crippen LogP) is 3.15. The summed E-state index contributed by atoms with van der Waals surface area (Å²) in [5.41, 5.74) is 1.97. The van der Waals surface area contributed by atoms with Crippen molar-refractivity contribution >= 4 is 38.2 Å². The van der Waals surface area contributed by atoms with Crippen LogP contribution in [0.4, 0.5) is 0 Å². The lowest BCUT2D eigenvalue weighted by Gasteiger charge is -2.01. The second kappa shape index (κ2) is 6.77. The molecule has 0 saturated carbocycles. The summed E-state index contributed by atoms with van der Waals surface area (Å²) in [5.74, 6) is 0. The predicted molar refractivity (Wildman–Crippen MR) is 97.0 cm³/mol. The van der Waals surface area contributed by atoms with Gasteiger partial charge in [-0.2, -0.15) is 0 Å². The van der Waals surface area contributed by atoms with Crippen LogP contribution < -0.4 is 5.56 Å². The Morgan fingerprint density at radius 3 is 2.61 bits per heavy atom. The first-order valence-corrected chi connectivity index (χ1v) is 9.16. The molecule has 0 bridgehead atoms.